The van der Waals surface area contributed by atoms with Gasteiger partial charge >= 0.3 is 0 Å². The largest absolute Gasteiger partial charge is 0.389 e. The Kier molecular flexibility index (Phi) is 6.93. The fraction of sp³-hybridized carbons (Fsp3) is 0.818. The molecule has 0 spiro atoms. The second kappa shape index (κ2) is 7.20. The third kappa shape index (κ3) is 7.64. The van der Waals surface area contributed by atoms with E-state index >= 15 is 0 Å². The number of rotatable bonds is 7. The van der Waals surface area contributed by atoms with Crippen molar-refractivity contribution >= 4 is 0 Å². The van der Waals surface area contributed by atoms with Crippen LogP contribution in [0.4, 0.5) is 0 Å². The van der Waals surface area contributed by atoms with Crippen LogP contribution in [0.15, 0.2) is 12.3 Å². The summed E-state index contributed by atoms with van der Waals surface area (Å²) in [6, 6.07) is 0. The Morgan fingerprint density at radius 2 is 2.00 bits per heavy atom. The van der Waals surface area contributed by atoms with Crippen LogP contribution in [-0.4, -0.2) is 6.54 Å². The molecule has 0 radical (unpaired) electrons. The number of hydrogen-bond donors (Lipinski definition) is 1. The van der Waals surface area contributed by atoms with Gasteiger partial charge in [0, 0.05) is 12.2 Å². The summed E-state index contributed by atoms with van der Waals surface area (Å²) >= 11 is 0. The average Bonchev–Trinajstić information content (AvgIpc) is 2.01. The molecule has 1 N–H and O–H groups in total. The molecule has 72 valence electrons. The minimum absolute atomic E-state index is 0.716. The van der Waals surface area contributed by atoms with Crippen LogP contribution in [-0.2, 0) is 0 Å². The Hall–Kier alpha value is -0.460. The van der Waals surface area contributed by atoms with Gasteiger partial charge in [0.15, 0.2) is 0 Å². The van der Waals surface area contributed by atoms with Crippen LogP contribution >= 0.6 is 0 Å². The molecule has 0 aromatic rings. The molecule has 0 heterocycles. The summed E-state index contributed by atoms with van der Waals surface area (Å²) in [5, 5.41) is 3.35. The molecule has 1 nitrogen and oxygen atoms in total. The molecule has 0 rings (SSSR count). The van der Waals surface area contributed by atoms with E-state index in [1.165, 1.54) is 25.0 Å². The van der Waals surface area contributed by atoms with E-state index < -0.39 is 0 Å². The Labute approximate surface area is 77.2 Å². The number of unbranched alkanes of at least 4 members (excludes halogenated alkanes) is 2. The highest BCUT2D eigenvalue weighted by Crippen LogP contribution is 2.04. The Balaban J connectivity index is 3.22. The maximum absolute atomic E-state index is 3.99. The molecule has 0 unspecified atom stereocenters. The first-order chi connectivity index (χ1) is 5.66. The number of hydrogen-bond acceptors (Lipinski definition) is 1. The van der Waals surface area contributed by atoms with Gasteiger partial charge in [-0.25, -0.2) is 0 Å². The summed E-state index contributed by atoms with van der Waals surface area (Å²) in [5.41, 5.74) is 1.21. The predicted octanol–water partition coefficient (Wildman–Crippen LogP) is 3.33. The topological polar surface area (TPSA) is 12.0 Å². The van der Waals surface area contributed by atoms with Gasteiger partial charge in [0.05, 0.1) is 0 Å². The molecular weight excluding hydrogens is 146 g/mol. The molecule has 0 bridgehead atoms. The smallest absolute Gasteiger partial charge is 0.0166 e. The summed E-state index contributed by atoms with van der Waals surface area (Å²) in [4.78, 5) is 0. The van der Waals surface area contributed by atoms with Crippen molar-refractivity contribution in [2.75, 3.05) is 6.54 Å². The molecule has 0 aliphatic carbocycles. The lowest BCUT2D eigenvalue weighted by atomic mass is 10.1. The zero-order valence-corrected chi connectivity index (χ0v) is 8.82. The number of allylic oxidation sites excluding steroid dienone is 1. The van der Waals surface area contributed by atoms with Crippen LogP contribution in [0.1, 0.15) is 46.5 Å². The van der Waals surface area contributed by atoms with Crippen molar-refractivity contribution in [2.45, 2.75) is 46.5 Å². The zero-order valence-electron chi connectivity index (χ0n) is 8.82. The fourth-order valence-electron chi connectivity index (χ4n) is 1.03. The first-order valence-electron chi connectivity index (χ1n) is 5.08. The van der Waals surface area contributed by atoms with Gasteiger partial charge in [-0.2, -0.15) is 0 Å². The second-order valence-electron chi connectivity index (χ2n) is 3.84. The van der Waals surface area contributed by atoms with Crippen molar-refractivity contribution in [3.8, 4) is 0 Å². The van der Waals surface area contributed by atoms with E-state index in [1.807, 2.05) is 0 Å². The Morgan fingerprint density at radius 1 is 1.33 bits per heavy atom. The van der Waals surface area contributed by atoms with Crippen molar-refractivity contribution < 1.29 is 0 Å². The van der Waals surface area contributed by atoms with Crippen molar-refractivity contribution in [3.05, 3.63) is 12.3 Å². The van der Waals surface area contributed by atoms with Gasteiger partial charge in [-0.05, 0) is 18.8 Å². The Bertz CT molecular complexity index is 116. The molecule has 1 heteroatoms. The lowest BCUT2D eigenvalue weighted by Gasteiger charge is -2.10. The van der Waals surface area contributed by atoms with Gasteiger partial charge < -0.3 is 5.32 Å². The van der Waals surface area contributed by atoms with E-state index in [1.54, 1.807) is 0 Å². The van der Waals surface area contributed by atoms with Crippen LogP contribution in [0.3, 0.4) is 0 Å². The maximum atomic E-state index is 3.99. The minimum Gasteiger partial charge on any atom is -0.389 e. The van der Waals surface area contributed by atoms with Gasteiger partial charge in [-0.15, -0.1) is 0 Å². The van der Waals surface area contributed by atoms with Gasteiger partial charge in [0.1, 0.15) is 0 Å². The molecule has 0 atom stereocenters. The molecule has 0 aliphatic heterocycles. The summed E-state index contributed by atoms with van der Waals surface area (Å²) in [6.45, 7) is 11.7. The van der Waals surface area contributed by atoms with E-state index in [9.17, 15) is 0 Å². The van der Waals surface area contributed by atoms with Gasteiger partial charge in [-0.3, -0.25) is 0 Å². The SMILES string of the molecule is C=C(CCCCC)NCC(C)C. The highest BCUT2D eigenvalue weighted by atomic mass is 14.9. The van der Waals surface area contributed by atoms with E-state index in [-0.39, 0.29) is 0 Å². The maximum Gasteiger partial charge on any atom is 0.0166 e. The summed E-state index contributed by atoms with van der Waals surface area (Å²) in [6.07, 6.45) is 5.03. The molecule has 0 fully saturated rings. The quantitative estimate of drug-likeness (QED) is 0.576. The highest BCUT2D eigenvalue weighted by Gasteiger charge is 1.95. The molecule has 0 aromatic carbocycles. The molecule has 0 aromatic heterocycles. The highest BCUT2D eigenvalue weighted by molar-refractivity contribution is 4.90. The lowest BCUT2D eigenvalue weighted by Crippen LogP contribution is -2.18. The van der Waals surface area contributed by atoms with E-state index in [0.29, 0.717) is 5.92 Å². The van der Waals surface area contributed by atoms with Crippen LogP contribution in [0.2, 0.25) is 0 Å². The van der Waals surface area contributed by atoms with Crippen molar-refractivity contribution in [1.29, 1.82) is 0 Å². The lowest BCUT2D eigenvalue weighted by molar-refractivity contribution is 0.576. The summed E-state index contributed by atoms with van der Waals surface area (Å²) in [7, 11) is 0. The molecular formula is C11H23N. The first-order valence-corrected chi connectivity index (χ1v) is 5.08. The van der Waals surface area contributed by atoms with E-state index in [0.717, 1.165) is 13.0 Å². The molecule has 0 saturated heterocycles. The van der Waals surface area contributed by atoms with Crippen LogP contribution in [0, 0.1) is 5.92 Å². The normalized spacial score (nSPS) is 10.3. The van der Waals surface area contributed by atoms with Gasteiger partial charge in [0.2, 0.25) is 0 Å². The van der Waals surface area contributed by atoms with E-state index in [4.69, 9.17) is 0 Å². The van der Waals surface area contributed by atoms with E-state index in [2.05, 4.69) is 32.7 Å². The van der Waals surface area contributed by atoms with Crippen molar-refractivity contribution in [2.24, 2.45) is 5.92 Å². The summed E-state index contributed by atoms with van der Waals surface area (Å²) < 4.78 is 0. The monoisotopic (exact) mass is 169 g/mol. The standard InChI is InChI=1S/C11H23N/c1-5-6-7-8-11(4)12-9-10(2)3/h10,12H,4-9H2,1-3H3. The molecule has 0 aliphatic rings. The second-order valence-corrected chi connectivity index (χ2v) is 3.84. The summed E-state index contributed by atoms with van der Waals surface area (Å²) in [5.74, 6) is 0.716. The van der Waals surface area contributed by atoms with Crippen molar-refractivity contribution in [1.82, 2.24) is 5.32 Å². The third-order valence-electron chi connectivity index (χ3n) is 1.84. The Morgan fingerprint density at radius 3 is 2.50 bits per heavy atom. The third-order valence-corrected chi connectivity index (χ3v) is 1.84. The molecule has 0 saturated carbocycles. The van der Waals surface area contributed by atoms with Crippen molar-refractivity contribution in [3.63, 3.8) is 0 Å². The average molecular weight is 169 g/mol. The minimum atomic E-state index is 0.716. The zero-order chi connectivity index (χ0) is 9.40. The van der Waals surface area contributed by atoms with Crippen LogP contribution in [0.5, 0.6) is 0 Å². The van der Waals surface area contributed by atoms with Gasteiger partial charge in [0.25, 0.3) is 0 Å². The van der Waals surface area contributed by atoms with Crippen LogP contribution in [0.25, 0.3) is 0 Å². The first kappa shape index (κ1) is 11.5. The van der Waals surface area contributed by atoms with Gasteiger partial charge in [-0.1, -0.05) is 40.2 Å². The number of nitrogens with one attached hydrogen (secondary N) is 1. The van der Waals surface area contributed by atoms with Crippen LogP contribution < -0.4 is 5.32 Å². The fourth-order valence-corrected chi connectivity index (χ4v) is 1.03. The molecule has 0 amide bonds. The predicted molar refractivity (Wildman–Crippen MR) is 56.1 cm³/mol. The molecule has 12 heavy (non-hydrogen) atoms.